The first-order chi connectivity index (χ1) is 11.5. The Morgan fingerprint density at radius 2 is 2.12 bits per heavy atom. The Hall–Kier alpha value is -1.84. The number of aryl methyl sites for hydroxylation is 1. The first-order valence-corrected chi connectivity index (χ1v) is 9.06. The fourth-order valence-electron chi connectivity index (χ4n) is 6.48. The monoisotopic (exact) mass is 326 g/mol. The van der Waals surface area contributed by atoms with Crippen molar-refractivity contribution in [2.75, 3.05) is 0 Å². The molecule has 2 saturated carbocycles. The van der Waals surface area contributed by atoms with Crippen molar-refractivity contribution < 1.29 is 19.4 Å². The Labute approximate surface area is 141 Å². The normalized spacial score (nSPS) is 42.0. The van der Waals surface area contributed by atoms with Crippen LogP contribution in [0, 0.1) is 23.7 Å². The van der Waals surface area contributed by atoms with Crippen LogP contribution in [-0.4, -0.2) is 22.5 Å². The molecule has 1 aliphatic heterocycles. The van der Waals surface area contributed by atoms with Gasteiger partial charge < -0.3 is 9.84 Å². The molecule has 1 aromatic carbocycles. The highest BCUT2D eigenvalue weighted by Crippen LogP contribution is 2.65. The first kappa shape index (κ1) is 14.5. The molecule has 0 radical (unpaired) electrons. The van der Waals surface area contributed by atoms with Crippen LogP contribution in [0.4, 0.5) is 0 Å². The zero-order chi connectivity index (χ0) is 16.6. The number of carbonyl (C=O) groups is 2. The lowest BCUT2D eigenvalue weighted by molar-refractivity contribution is -0.158. The van der Waals surface area contributed by atoms with E-state index in [4.69, 9.17) is 4.74 Å². The third-order valence-electron chi connectivity index (χ3n) is 7.25. The number of phenols is 1. The number of phenolic OH excluding ortho intramolecular Hbond substituents is 1. The van der Waals surface area contributed by atoms with E-state index in [-0.39, 0.29) is 41.2 Å². The lowest BCUT2D eigenvalue weighted by Gasteiger charge is -2.47. The summed E-state index contributed by atoms with van der Waals surface area (Å²) in [6, 6.07) is 5.58. The number of benzene rings is 1. The van der Waals surface area contributed by atoms with Gasteiger partial charge in [0.15, 0.2) is 0 Å². The molecular weight excluding hydrogens is 304 g/mol. The molecule has 4 heteroatoms. The number of hydrogen-bond donors (Lipinski definition) is 1. The molecule has 4 aliphatic rings. The number of esters is 1. The second kappa shape index (κ2) is 4.62. The van der Waals surface area contributed by atoms with Gasteiger partial charge in [0.25, 0.3) is 0 Å². The molecular formula is C20H22O4. The quantitative estimate of drug-likeness (QED) is 0.806. The van der Waals surface area contributed by atoms with Gasteiger partial charge in [-0.1, -0.05) is 6.07 Å². The largest absolute Gasteiger partial charge is 0.508 e. The lowest BCUT2D eigenvalue weighted by Crippen LogP contribution is -2.50. The van der Waals surface area contributed by atoms with E-state index in [1.807, 2.05) is 12.1 Å². The van der Waals surface area contributed by atoms with Crippen molar-refractivity contribution in [2.24, 2.45) is 23.7 Å². The van der Waals surface area contributed by atoms with E-state index in [0.717, 1.165) is 31.2 Å². The minimum absolute atomic E-state index is 0.122. The number of fused-ring (bicyclic) bond motifs is 6. The Kier molecular flexibility index (Phi) is 2.79. The van der Waals surface area contributed by atoms with E-state index >= 15 is 0 Å². The van der Waals surface area contributed by atoms with Gasteiger partial charge in [-0.3, -0.25) is 9.59 Å². The third-order valence-corrected chi connectivity index (χ3v) is 7.25. The van der Waals surface area contributed by atoms with Crippen molar-refractivity contribution in [3.05, 3.63) is 29.3 Å². The number of ether oxygens (including phenoxy) is 1. The molecule has 1 N–H and O–H groups in total. The fourth-order valence-corrected chi connectivity index (χ4v) is 6.48. The van der Waals surface area contributed by atoms with Crippen LogP contribution in [-0.2, 0) is 20.7 Å². The molecule has 0 unspecified atom stereocenters. The van der Waals surface area contributed by atoms with E-state index in [1.165, 1.54) is 5.56 Å². The average molecular weight is 326 g/mol. The molecule has 0 amide bonds. The summed E-state index contributed by atoms with van der Waals surface area (Å²) in [5.41, 5.74) is 1.85. The Morgan fingerprint density at radius 3 is 2.92 bits per heavy atom. The van der Waals surface area contributed by atoms with E-state index < -0.39 is 5.60 Å². The van der Waals surface area contributed by atoms with Crippen molar-refractivity contribution in [1.82, 2.24) is 0 Å². The molecule has 1 heterocycles. The van der Waals surface area contributed by atoms with Gasteiger partial charge in [-0.25, -0.2) is 0 Å². The highest BCUT2D eigenvalue weighted by molar-refractivity contribution is 5.84. The SMILES string of the molecule is CC(=O)[C@H]1CC[C@@H]2[C@H]3CCc4ccc(O)cc4[C@@H]3[C@H]3C[C@@]12OC3=O. The molecule has 3 aliphatic carbocycles. The maximum atomic E-state index is 12.7. The molecule has 1 aromatic rings. The molecule has 1 spiro atoms. The van der Waals surface area contributed by atoms with Gasteiger partial charge in [0.2, 0.25) is 0 Å². The number of Topliss-reactive ketones (excluding diaryl/α,β-unsaturated/α-hetero) is 1. The van der Waals surface area contributed by atoms with Gasteiger partial charge in [-0.2, -0.15) is 0 Å². The summed E-state index contributed by atoms with van der Waals surface area (Å²) < 4.78 is 5.99. The van der Waals surface area contributed by atoms with E-state index in [1.54, 1.807) is 13.0 Å². The van der Waals surface area contributed by atoms with Crippen molar-refractivity contribution >= 4 is 11.8 Å². The molecule has 126 valence electrons. The van der Waals surface area contributed by atoms with Gasteiger partial charge in [0.05, 0.1) is 11.8 Å². The summed E-state index contributed by atoms with van der Waals surface area (Å²) in [5.74, 6) is 0.832. The average Bonchev–Trinajstić information content (AvgIpc) is 3.05. The summed E-state index contributed by atoms with van der Waals surface area (Å²) in [7, 11) is 0. The van der Waals surface area contributed by atoms with Crippen LogP contribution in [0.5, 0.6) is 5.75 Å². The predicted molar refractivity (Wildman–Crippen MR) is 86.5 cm³/mol. The van der Waals surface area contributed by atoms with Gasteiger partial charge in [-0.15, -0.1) is 0 Å². The minimum Gasteiger partial charge on any atom is -0.508 e. The zero-order valence-electron chi connectivity index (χ0n) is 13.8. The predicted octanol–water partition coefficient (Wildman–Crippen LogP) is 2.97. The van der Waals surface area contributed by atoms with Crippen LogP contribution in [0.2, 0.25) is 0 Å². The number of hydrogen-bond acceptors (Lipinski definition) is 4. The molecule has 1 saturated heterocycles. The number of ketones is 1. The second-order valence-electron chi connectivity index (χ2n) is 8.15. The molecule has 24 heavy (non-hydrogen) atoms. The highest BCUT2D eigenvalue weighted by Gasteiger charge is 2.68. The molecule has 2 bridgehead atoms. The van der Waals surface area contributed by atoms with Crippen molar-refractivity contribution in [1.29, 1.82) is 0 Å². The Morgan fingerprint density at radius 1 is 1.29 bits per heavy atom. The molecule has 3 fully saturated rings. The Bertz CT molecular complexity index is 754. The second-order valence-corrected chi connectivity index (χ2v) is 8.15. The number of aromatic hydroxyl groups is 1. The van der Waals surface area contributed by atoms with Crippen LogP contribution in [0.1, 0.15) is 49.7 Å². The standard InChI is InChI=1S/C20H22O4/c1-10(21)16-6-7-17-13-5-3-11-2-4-12(22)8-14(11)18(13)15-9-20(16,17)24-19(15)23/h2,4,8,13,15-18,22H,3,5-7,9H2,1H3/t13-,15-,16-,17-,18-,20-/m1/s1. The highest BCUT2D eigenvalue weighted by atomic mass is 16.6. The molecule has 4 nitrogen and oxygen atoms in total. The smallest absolute Gasteiger partial charge is 0.310 e. The Balaban J connectivity index is 1.64. The van der Waals surface area contributed by atoms with Crippen molar-refractivity contribution in [3.8, 4) is 5.75 Å². The van der Waals surface area contributed by atoms with Gasteiger partial charge in [0, 0.05) is 18.3 Å². The molecule has 6 atom stereocenters. The van der Waals surface area contributed by atoms with Crippen LogP contribution >= 0.6 is 0 Å². The third kappa shape index (κ3) is 1.64. The molecule has 5 rings (SSSR count). The maximum Gasteiger partial charge on any atom is 0.310 e. The summed E-state index contributed by atoms with van der Waals surface area (Å²) in [4.78, 5) is 24.9. The van der Waals surface area contributed by atoms with E-state index in [0.29, 0.717) is 12.3 Å². The number of carbonyl (C=O) groups excluding carboxylic acids is 2. The summed E-state index contributed by atoms with van der Waals surface area (Å²) >= 11 is 0. The lowest BCUT2D eigenvalue weighted by atomic mass is 9.55. The fraction of sp³-hybridized carbons (Fsp3) is 0.600. The van der Waals surface area contributed by atoms with E-state index in [9.17, 15) is 14.7 Å². The van der Waals surface area contributed by atoms with Gasteiger partial charge in [0.1, 0.15) is 17.1 Å². The zero-order valence-corrected chi connectivity index (χ0v) is 13.8. The van der Waals surface area contributed by atoms with E-state index in [2.05, 4.69) is 0 Å². The minimum atomic E-state index is -0.539. The van der Waals surface area contributed by atoms with Crippen LogP contribution in [0.3, 0.4) is 0 Å². The van der Waals surface area contributed by atoms with Gasteiger partial charge >= 0.3 is 5.97 Å². The number of rotatable bonds is 1. The summed E-state index contributed by atoms with van der Waals surface area (Å²) in [6.45, 7) is 1.64. The first-order valence-electron chi connectivity index (χ1n) is 9.06. The van der Waals surface area contributed by atoms with Gasteiger partial charge in [-0.05, 0) is 61.8 Å². The maximum absolute atomic E-state index is 12.7. The van der Waals surface area contributed by atoms with Crippen LogP contribution < -0.4 is 0 Å². The van der Waals surface area contributed by atoms with Crippen molar-refractivity contribution in [2.45, 2.75) is 50.5 Å². The van der Waals surface area contributed by atoms with Crippen LogP contribution in [0.15, 0.2) is 18.2 Å². The van der Waals surface area contributed by atoms with Crippen LogP contribution in [0.25, 0.3) is 0 Å². The van der Waals surface area contributed by atoms with Crippen molar-refractivity contribution in [3.63, 3.8) is 0 Å². The summed E-state index contributed by atoms with van der Waals surface area (Å²) in [5, 5.41) is 9.95. The molecule has 0 aromatic heterocycles. The topological polar surface area (TPSA) is 63.6 Å². The summed E-state index contributed by atoms with van der Waals surface area (Å²) in [6.07, 6.45) is 4.52.